The van der Waals surface area contributed by atoms with Gasteiger partial charge in [0.1, 0.15) is 5.92 Å². The van der Waals surface area contributed by atoms with E-state index in [-0.39, 0.29) is 6.42 Å². The fourth-order valence-electron chi connectivity index (χ4n) is 1.63. The molecule has 2 atom stereocenters. The standard InChI is InChI=1S/C11H18O7Si/c1-11(10(14)15-2)7(6-8(12)16-11)9(13)17-18-19(3,4)5/h7H,6H2,1-5H3. The molecule has 0 saturated carbocycles. The molecular weight excluding hydrogens is 272 g/mol. The normalized spacial score (nSPS) is 26.8. The lowest BCUT2D eigenvalue weighted by Gasteiger charge is -2.25. The predicted molar refractivity (Wildman–Crippen MR) is 65.1 cm³/mol. The highest BCUT2D eigenvalue weighted by Crippen LogP contribution is 2.35. The van der Waals surface area contributed by atoms with Crippen LogP contribution in [-0.4, -0.2) is 38.9 Å². The second-order valence-corrected chi connectivity index (χ2v) is 9.82. The van der Waals surface area contributed by atoms with Crippen molar-refractivity contribution in [1.82, 2.24) is 0 Å². The summed E-state index contributed by atoms with van der Waals surface area (Å²) in [7, 11) is -0.901. The number of hydrogen-bond acceptors (Lipinski definition) is 7. The van der Waals surface area contributed by atoms with E-state index in [2.05, 4.69) is 4.74 Å². The molecule has 8 heteroatoms. The van der Waals surface area contributed by atoms with Crippen LogP contribution >= 0.6 is 0 Å². The molecule has 0 spiro atoms. The van der Waals surface area contributed by atoms with Gasteiger partial charge >= 0.3 is 17.9 Å². The first-order valence-corrected chi connectivity index (χ1v) is 9.21. The molecule has 0 aromatic carbocycles. The molecular formula is C11H18O7Si. The highest BCUT2D eigenvalue weighted by Gasteiger charge is 2.57. The zero-order valence-corrected chi connectivity index (χ0v) is 12.6. The van der Waals surface area contributed by atoms with Gasteiger partial charge in [0.15, 0.2) is 0 Å². The molecule has 1 rings (SSSR count). The first-order chi connectivity index (χ1) is 8.60. The van der Waals surface area contributed by atoms with Crippen LogP contribution in [0.1, 0.15) is 13.3 Å². The molecule has 1 aliphatic heterocycles. The Morgan fingerprint density at radius 2 is 1.95 bits per heavy atom. The van der Waals surface area contributed by atoms with Crippen molar-refractivity contribution >= 4 is 26.2 Å². The van der Waals surface area contributed by atoms with Gasteiger partial charge in [-0.25, -0.2) is 14.2 Å². The van der Waals surface area contributed by atoms with Gasteiger partial charge in [-0.1, -0.05) is 0 Å². The molecule has 108 valence electrons. The fraction of sp³-hybridized carbons (Fsp3) is 0.727. The van der Waals surface area contributed by atoms with E-state index in [4.69, 9.17) is 14.2 Å². The topological polar surface area (TPSA) is 88.1 Å². The maximum absolute atomic E-state index is 11.9. The molecule has 1 saturated heterocycles. The number of carbonyl (C=O) groups is 3. The van der Waals surface area contributed by atoms with Crippen molar-refractivity contribution in [2.45, 2.75) is 38.6 Å². The lowest BCUT2D eigenvalue weighted by Crippen LogP contribution is -2.46. The van der Waals surface area contributed by atoms with E-state index in [0.717, 1.165) is 7.11 Å². The number of methoxy groups -OCH3 is 1. The average molecular weight is 290 g/mol. The number of esters is 2. The van der Waals surface area contributed by atoms with Crippen LogP contribution in [0.4, 0.5) is 0 Å². The average Bonchev–Trinajstić information content (AvgIpc) is 2.61. The second kappa shape index (κ2) is 5.30. The summed E-state index contributed by atoms with van der Waals surface area (Å²) in [6.07, 6.45) is -0.237. The Bertz CT molecular complexity index is 400. The van der Waals surface area contributed by atoms with E-state index < -0.39 is 37.7 Å². The minimum Gasteiger partial charge on any atom is -0.466 e. The van der Waals surface area contributed by atoms with Crippen molar-refractivity contribution in [1.29, 1.82) is 0 Å². The monoisotopic (exact) mass is 290 g/mol. The van der Waals surface area contributed by atoms with Crippen LogP contribution < -0.4 is 0 Å². The lowest BCUT2D eigenvalue weighted by molar-refractivity contribution is -0.229. The van der Waals surface area contributed by atoms with Crippen LogP contribution in [0.25, 0.3) is 0 Å². The Balaban J connectivity index is 2.82. The molecule has 1 fully saturated rings. The zero-order chi connectivity index (χ0) is 14.8. The summed E-state index contributed by atoms with van der Waals surface area (Å²) in [6, 6.07) is 0. The van der Waals surface area contributed by atoms with Crippen molar-refractivity contribution in [3.05, 3.63) is 0 Å². The lowest BCUT2D eigenvalue weighted by atomic mass is 9.89. The van der Waals surface area contributed by atoms with Crippen molar-refractivity contribution in [2.75, 3.05) is 7.11 Å². The summed E-state index contributed by atoms with van der Waals surface area (Å²) in [5.74, 6) is -3.32. The highest BCUT2D eigenvalue weighted by atomic mass is 28.4. The number of rotatable bonds is 4. The van der Waals surface area contributed by atoms with E-state index in [0.29, 0.717) is 0 Å². The Morgan fingerprint density at radius 1 is 1.37 bits per heavy atom. The molecule has 0 aromatic rings. The summed E-state index contributed by atoms with van der Waals surface area (Å²) in [4.78, 5) is 39.6. The van der Waals surface area contributed by atoms with Crippen LogP contribution in [-0.2, 0) is 33.3 Å². The molecule has 0 aromatic heterocycles. The Morgan fingerprint density at radius 3 is 2.42 bits per heavy atom. The molecule has 1 heterocycles. The maximum atomic E-state index is 11.9. The van der Waals surface area contributed by atoms with Gasteiger partial charge in [0.25, 0.3) is 0 Å². The van der Waals surface area contributed by atoms with Crippen molar-refractivity contribution in [3.8, 4) is 0 Å². The van der Waals surface area contributed by atoms with Gasteiger partial charge in [-0.05, 0) is 26.6 Å². The zero-order valence-electron chi connectivity index (χ0n) is 11.6. The maximum Gasteiger partial charge on any atom is 0.350 e. The van der Waals surface area contributed by atoms with Gasteiger partial charge in [-0.3, -0.25) is 4.79 Å². The molecule has 1 aliphatic rings. The predicted octanol–water partition coefficient (Wildman–Crippen LogP) is 0.791. The van der Waals surface area contributed by atoms with Crippen LogP contribution in [0.2, 0.25) is 19.6 Å². The molecule has 0 N–H and O–H groups in total. The summed E-state index contributed by atoms with van der Waals surface area (Å²) >= 11 is 0. The number of cyclic esters (lactones) is 1. The number of carbonyl (C=O) groups excluding carboxylic acids is 3. The quantitative estimate of drug-likeness (QED) is 0.327. The molecule has 2 unspecified atom stereocenters. The third-order valence-electron chi connectivity index (χ3n) is 2.61. The van der Waals surface area contributed by atoms with E-state index in [1.54, 1.807) is 0 Å². The molecule has 0 aliphatic carbocycles. The molecule has 7 nitrogen and oxygen atoms in total. The van der Waals surface area contributed by atoms with Gasteiger partial charge in [0.05, 0.1) is 13.5 Å². The number of hydrogen-bond donors (Lipinski definition) is 0. The minimum absolute atomic E-state index is 0.237. The summed E-state index contributed by atoms with van der Waals surface area (Å²) in [5, 5.41) is 0. The fourth-order valence-corrected chi connectivity index (χ4v) is 1.96. The van der Waals surface area contributed by atoms with Gasteiger partial charge < -0.3 is 14.4 Å². The first kappa shape index (κ1) is 15.6. The molecule has 0 amide bonds. The van der Waals surface area contributed by atoms with Crippen LogP contribution in [0, 0.1) is 5.92 Å². The third-order valence-corrected chi connectivity index (χ3v) is 3.19. The van der Waals surface area contributed by atoms with Gasteiger partial charge in [0, 0.05) is 0 Å². The van der Waals surface area contributed by atoms with E-state index in [1.165, 1.54) is 6.92 Å². The first-order valence-electron chi connectivity index (χ1n) is 5.80. The van der Waals surface area contributed by atoms with Crippen LogP contribution in [0.3, 0.4) is 0 Å². The molecule has 0 bridgehead atoms. The van der Waals surface area contributed by atoms with Gasteiger partial charge in [-0.15, -0.1) is 0 Å². The SMILES string of the molecule is COC(=O)C1(C)OC(=O)CC1C(=O)OO[Si](C)(C)C. The van der Waals surface area contributed by atoms with Crippen molar-refractivity contribution in [2.24, 2.45) is 5.92 Å². The van der Waals surface area contributed by atoms with E-state index in [1.807, 2.05) is 19.6 Å². The minimum atomic E-state index is -2.05. The smallest absolute Gasteiger partial charge is 0.350 e. The molecule has 19 heavy (non-hydrogen) atoms. The van der Waals surface area contributed by atoms with Gasteiger partial charge in [0.2, 0.25) is 13.9 Å². The third kappa shape index (κ3) is 3.54. The van der Waals surface area contributed by atoms with Crippen LogP contribution in [0.5, 0.6) is 0 Å². The Kier molecular flexibility index (Phi) is 4.36. The van der Waals surface area contributed by atoms with Crippen molar-refractivity contribution < 1.29 is 33.3 Å². The summed E-state index contributed by atoms with van der Waals surface area (Å²) in [5.41, 5.74) is -1.66. The molecule has 0 radical (unpaired) electrons. The van der Waals surface area contributed by atoms with E-state index >= 15 is 0 Å². The highest BCUT2D eigenvalue weighted by molar-refractivity contribution is 6.69. The van der Waals surface area contributed by atoms with Crippen LogP contribution in [0.15, 0.2) is 0 Å². The van der Waals surface area contributed by atoms with Gasteiger partial charge in [-0.2, -0.15) is 0 Å². The largest absolute Gasteiger partial charge is 0.466 e. The summed E-state index contributed by atoms with van der Waals surface area (Å²) < 4.78 is 14.5. The number of ether oxygens (including phenoxy) is 2. The summed E-state index contributed by atoms with van der Waals surface area (Å²) in [6.45, 7) is 6.81. The Hall–Kier alpha value is -1.41. The van der Waals surface area contributed by atoms with E-state index in [9.17, 15) is 14.4 Å². The second-order valence-electron chi connectivity index (χ2n) is 5.43. The van der Waals surface area contributed by atoms with Crippen molar-refractivity contribution in [3.63, 3.8) is 0 Å². The Labute approximate surface area is 112 Å².